The maximum atomic E-state index is 13.3. The smallest absolute Gasteiger partial charge is 0.233 e. The molecule has 5 aliphatic rings. The van der Waals surface area contributed by atoms with E-state index in [1.54, 1.807) is 12.2 Å². The van der Waals surface area contributed by atoms with Crippen molar-refractivity contribution in [3.63, 3.8) is 0 Å². The molecule has 81 heavy (non-hydrogen) atoms. The van der Waals surface area contributed by atoms with Crippen LogP contribution in [-0.2, 0) is 22.4 Å². The summed E-state index contributed by atoms with van der Waals surface area (Å²) >= 11 is 7.14. The number of halogens is 1. The molecule has 3 aliphatic carbocycles. The van der Waals surface area contributed by atoms with Crippen molar-refractivity contribution in [2.24, 2.45) is 0 Å². The second-order valence-electron chi connectivity index (χ2n) is 21.0. The van der Waals surface area contributed by atoms with Gasteiger partial charge in [0.05, 0.1) is 0 Å². The Balaban J connectivity index is 0.000000180. The van der Waals surface area contributed by atoms with Gasteiger partial charge >= 0.3 is 0 Å². The SMILES string of the molecule is CCN1/C(=C/C2=C([O-])C(=C\C3=[N+](CC)c4ccccc4CC3)/C(=O)C2=O)CCc2ccccc21.ClC1=C(/C=C\c2cc(-c3ccccc3)cc(-c3ccccc3)c2)CCC/C1=C\C=C1C=C(c2ccccc2)CC(c2ccccc2)=C1. The van der Waals surface area contributed by atoms with Crippen molar-refractivity contribution >= 4 is 57.5 Å². The first-order chi connectivity index (χ1) is 39.7. The summed E-state index contributed by atoms with van der Waals surface area (Å²) in [5.41, 5.74) is 21.3. The van der Waals surface area contributed by atoms with Gasteiger partial charge in [-0.25, -0.2) is 0 Å². The van der Waals surface area contributed by atoms with Crippen LogP contribution in [0.15, 0.2) is 275 Å². The fraction of sp³-hybridized carbons (Fsp3) is 0.160. The molecule has 0 unspecified atom stereocenters. The van der Waals surface area contributed by atoms with Crippen molar-refractivity contribution in [1.82, 2.24) is 0 Å². The van der Waals surface area contributed by atoms with Crippen LogP contribution in [0.3, 0.4) is 0 Å². The number of ketones is 2. The van der Waals surface area contributed by atoms with Crippen molar-refractivity contribution in [1.29, 1.82) is 0 Å². The molecule has 7 aromatic carbocycles. The van der Waals surface area contributed by atoms with E-state index in [1.807, 2.05) is 38.1 Å². The zero-order valence-corrected chi connectivity index (χ0v) is 46.8. The molecule has 0 atom stereocenters. The number of anilines is 1. The number of nitrogens with zero attached hydrogens (tertiary/aromatic N) is 2. The van der Waals surface area contributed by atoms with Gasteiger partial charge in [-0.2, -0.15) is 4.58 Å². The quantitative estimate of drug-likeness (QED) is 0.0736. The van der Waals surface area contributed by atoms with Crippen LogP contribution in [0.2, 0.25) is 0 Å². The highest BCUT2D eigenvalue weighted by atomic mass is 35.5. The molecular formula is C75H65ClN2O3. The average Bonchev–Trinajstić information content (AvgIpc) is 3.83. The maximum Gasteiger partial charge on any atom is 0.233 e. The highest BCUT2D eigenvalue weighted by molar-refractivity contribution is 6.54. The van der Waals surface area contributed by atoms with Gasteiger partial charge in [-0.15, -0.1) is 0 Å². The second-order valence-corrected chi connectivity index (χ2v) is 21.4. The number of carbonyl (C=O) groups is 2. The zero-order chi connectivity index (χ0) is 55.7. The van der Waals surface area contributed by atoms with Crippen LogP contribution >= 0.6 is 11.6 Å². The normalized spacial score (nSPS) is 17.8. The molecule has 2 heterocycles. The van der Waals surface area contributed by atoms with Crippen molar-refractivity contribution in [3.8, 4) is 22.3 Å². The number of rotatable bonds is 11. The third kappa shape index (κ3) is 12.2. The Hall–Kier alpha value is -8.90. The minimum atomic E-state index is -0.696. The molecule has 0 spiro atoms. The molecular weight excluding hydrogens is 1010 g/mol. The van der Waals surface area contributed by atoms with E-state index in [9.17, 15) is 14.7 Å². The summed E-state index contributed by atoms with van der Waals surface area (Å²) in [5.74, 6) is -1.85. The van der Waals surface area contributed by atoms with Crippen molar-refractivity contribution in [2.45, 2.75) is 65.2 Å². The second kappa shape index (κ2) is 25.0. The van der Waals surface area contributed by atoms with Gasteiger partial charge in [0.1, 0.15) is 6.54 Å². The van der Waals surface area contributed by atoms with Crippen LogP contribution in [0, 0.1) is 0 Å². The van der Waals surface area contributed by atoms with Crippen LogP contribution in [0.25, 0.3) is 39.5 Å². The Morgan fingerprint density at radius 2 is 1.12 bits per heavy atom. The summed E-state index contributed by atoms with van der Waals surface area (Å²) in [4.78, 5) is 27.9. The minimum absolute atomic E-state index is 0.0102. The summed E-state index contributed by atoms with van der Waals surface area (Å²) in [6, 6.07) is 65.8. The molecule has 0 bridgehead atoms. The summed E-state index contributed by atoms with van der Waals surface area (Å²) < 4.78 is 2.13. The van der Waals surface area contributed by atoms with E-state index in [-0.39, 0.29) is 11.1 Å². The summed E-state index contributed by atoms with van der Waals surface area (Å²) in [5, 5.41) is 14.2. The van der Waals surface area contributed by atoms with E-state index in [0.29, 0.717) is 0 Å². The zero-order valence-electron chi connectivity index (χ0n) is 46.1. The monoisotopic (exact) mass is 1080 g/mol. The van der Waals surface area contributed by atoms with Gasteiger partial charge in [0.2, 0.25) is 17.3 Å². The molecule has 5 nitrogen and oxygen atoms in total. The van der Waals surface area contributed by atoms with Gasteiger partial charge < -0.3 is 10.0 Å². The Labute approximate surface area is 482 Å². The number of benzene rings is 7. The molecule has 0 N–H and O–H groups in total. The molecule has 12 rings (SSSR count). The highest BCUT2D eigenvalue weighted by Gasteiger charge is 2.34. The minimum Gasteiger partial charge on any atom is -0.871 e. The molecule has 0 saturated carbocycles. The third-order valence-electron chi connectivity index (χ3n) is 15.9. The first-order valence-corrected chi connectivity index (χ1v) is 28.9. The van der Waals surface area contributed by atoms with Crippen LogP contribution < -0.4 is 10.0 Å². The lowest BCUT2D eigenvalue weighted by atomic mass is 9.87. The van der Waals surface area contributed by atoms with Crippen LogP contribution in [0.4, 0.5) is 11.4 Å². The molecule has 400 valence electrons. The molecule has 0 fully saturated rings. The third-order valence-corrected chi connectivity index (χ3v) is 16.4. The molecule has 0 saturated heterocycles. The predicted octanol–water partition coefficient (Wildman–Crippen LogP) is 16.9. The summed E-state index contributed by atoms with van der Waals surface area (Å²) in [6.07, 6.45) is 24.0. The van der Waals surface area contributed by atoms with Crippen LogP contribution in [0.1, 0.15) is 80.2 Å². The topological polar surface area (TPSA) is 63.4 Å². The Bertz CT molecular complexity index is 3750. The fourth-order valence-electron chi connectivity index (χ4n) is 11.8. The number of hydrogen-bond donors (Lipinski definition) is 0. The van der Waals surface area contributed by atoms with E-state index in [4.69, 9.17) is 11.6 Å². The molecule has 0 aromatic heterocycles. The van der Waals surface area contributed by atoms with Gasteiger partial charge in [0, 0.05) is 58.2 Å². The van der Waals surface area contributed by atoms with Crippen LogP contribution in [-0.4, -0.2) is 34.9 Å². The Morgan fingerprint density at radius 3 is 1.74 bits per heavy atom. The number of carbonyl (C=O) groups excluding carboxylic acids is 2. The maximum absolute atomic E-state index is 13.3. The number of aryl methyl sites for hydroxylation is 2. The Morgan fingerprint density at radius 1 is 0.556 bits per heavy atom. The number of allylic oxidation sites excluding steroid dienone is 16. The molecule has 2 aliphatic heterocycles. The van der Waals surface area contributed by atoms with E-state index in [0.717, 1.165) is 92.3 Å². The van der Waals surface area contributed by atoms with E-state index >= 15 is 0 Å². The van der Waals surface area contributed by atoms with Gasteiger partial charge in [0.15, 0.2) is 5.71 Å². The predicted molar refractivity (Wildman–Crippen MR) is 334 cm³/mol. The standard InChI is InChI=1S/C46H37Cl.C29H28N2O3/c47-46-40(26-24-34-28-42(36-14-5-1-6-15-36)32-43(29-34)37-16-7-2-8-17-37)22-13-23-41(46)27-25-35-30-44(38-18-9-3-10-19-38)33-45(31-35)39-20-11-4-12-21-39;1-3-30-21(15-13-19-9-5-7-11-25(19)30)17-23-27(32)24(29(34)28(23)33)18-22-16-14-20-10-6-8-12-26(20)31(22)4-2/h1-12,14-21,24-32H,13,22-23,33H2;5-12,17-18H,3-4,13-16H2,1-2H3/b26-24-,41-27+;. The molecule has 0 amide bonds. The van der Waals surface area contributed by atoms with Gasteiger partial charge in [-0.3, -0.25) is 9.59 Å². The molecule has 0 radical (unpaired) electrons. The average molecular weight is 1080 g/mol. The number of para-hydroxylation sites is 2. The van der Waals surface area contributed by atoms with Crippen molar-refractivity contribution in [3.05, 3.63) is 303 Å². The summed E-state index contributed by atoms with van der Waals surface area (Å²) in [7, 11) is 0. The largest absolute Gasteiger partial charge is 0.871 e. The van der Waals surface area contributed by atoms with Crippen molar-refractivity contribution in [2.75, 3.05) is 18.0 Å². The fourth-order valence-corrected chi connectivity index (χ4v) is 12.1. The Kier molecular flexibility index (Phi) is 16.7. The number of Topliss-reactive ketones (excluding diaryl/α,β-unsaturated/α-hetero) is 2. The first kappa shape index (κ1) is 54.1. The lowest BCUT2D eigenvalue weighted by Gasteiger charge is -2.33. The molecule has 7 aromatic rings. The van der Waals surface area contributed by atoms with E-state index in [1.165, 1.54) is 77.9 Å². The van der Waals surface area contributed by atoms with Gasteiger partial charge in [-0.1, -0.05) is 212 Å². The van der Waals surface area contributed by atoms with Gasteiger partial charge in [0.25, 0.3) is 0 Å². The van der Waals surface area contributed by atoms with Crippen molar-refractivity contribution < 1.29 is 19.3 Å². The molecule has 6 heteroatoms. The van der Waals surface area contributed by atoms with E-state index < -0.39 is 17.3 Å². The van der Waals surface area contributed by atoms with Gasteiger partial charge in [-0.05, 0) is 162 Å². The summed E-state index contributed by atoms with van der Waals surface area (Å²) in [6.45, 7) is 5.54. The van der Waals surface area contributed by atoms with E-state index in [2.05, 4.69) is 210 Å². The lowest BCUT2D eigenvalue weighted by molar-refractivity contribution is -0.439. The van der Waals surface area contributed by atoms with Crippen LogP contribution in [0.5, 0.6) is 0 Å². The lowest BCUT2D eigenvalue weighted by Crippen LogP contribution is -2.27. The number of hydrogen-bond acceptors (Lipinski definition) is 4. The highest BCUT2D eigenvalue weighted by Crippen LogP contribution is 2.39. The first-order valence-electron chi connectivity index (χ1n) is 28.5. The number of fused-ring (bicyclic) bond motifs is 2.